The standard InChI is InChI=1S/2C3H4O2.C3H6O/c2*1-2-3(4)5;1-3-2-4-3/h2*2H,1H2,(H,4,5);3H,2H2,1H3. The van der Waals surface area contributed by atoms with E-state index in [1.54, 1.807) is 0 Å². The minimum Gasteiger partial charge on any atom is -0.478 e. The van der Waals surface area contributed by atoms with Crippen LogP contribution >= 0.6 is 0 Å². The Labute approximate surface area is 82.3 Å². The van der Waals surface area contributed by atoms with E-state index >= 15 is 0 Å². The maximum absolute atomic E-state index is 9.25. The molecule has 1 aliphatic rings. The second kappa shape index (κ2) is 9.47. The van der Waals surface area contributed by atoms with Gasteiger partial charge in [0, 0.05) is 12.2 Å². The van der Waals surface area contributed by atoms with Gasteiger partial charge in [-0.1, -0.05) is 13.2 Å². The van der Waals surface area contributed by atoms with Crippen LogP contribution in [-0.2, 0) is 14.3 Å². The number of carboxylic acid groups (broad SMARTS) is 2. The maximum Gasteiger partial charge on any atom is 0.327 e. The summed E-state index contributed by atoms with van der Waals surface area (Å²) in [6, 6.07) is 0. The van der Waals surface area contributed by atoms with Crippen LogP contribution in [0.25, 0.3) is 0 Å². The molecule has 80 valence electrons. The number of epoxide rings is 1. The summed E-state index contributed by atoms with van der Waals surface area (Å²) < 4.78 is 4.71. The van der Waals surface area contributed by atoms with Gasteiger partial charge in [-0.15, -0.1) is 0 Å². The Bertz CT molecular complexity index is 187. The van der Waals surface area contributed by atoms with E-state index in [9.17, 15) is 9.59 Å². The minimum absolute atomic E-state index is 0.583. The lowest BCUT2D eigenvalue weighted by atomic mass is 10.6. The van der Waals surface area contributed by atoms with E-state index in [1.807, 2.05) is 0 Å². The molecule has 0 saturated carbocycles. The van der Waals surface area contributed by atoms with Gasteiger partial charge in [0.1, 0.15) is 0 Å². The molecule has 0 aromatic rings. The number of aliphatic carboxylic acids is 2. The third-order valence-electron chi connectivity index (χ3n) is 0.849. The van der Waals surface area contributed by atoms with Gasteiger partial charge in [-0.3, -0.25) is 0 Å². The van der Waals surface area contributed by atoms with Crippen molar-refractivity contribution in [2.75, 3.05) is 6.61 Å². The fourth-order valence-corrected chi connectivity index (χ4v) is 0.0962. The fourth-order valence-electron chi connectivity index (χ4n) is 0.0962. The van der Waals surface area contributed by atoms with Gasteiger partial charge in [-0.25, -0.2) is 9.59 Å². The highest BCUT2D eigenvalue weighted by atomic mass is 16.6. The van der Waals surface area contributed by atoms with Crippen molar-refractivity contribution in [1.82, 2.24) is 0 Å². The van der Waals surface area contributed by atoms with Crippen molar-refractivity contribution in [3.63, 3.8) is 0 Å². The molecule has 0 aromatic heterocycles. The Morgan fingerprint density at radius 2 is 1.43 bits per heavy atom. The van der Waals surface area contributed by atoms with Crippen molar-refractivity contribution in [3.8, 4) is 0 Å². The topological polar surface area (TPSA) is 87.1 Å². The molecule has 0 bridgehead atoms. The first-order valence-electron chi connectivity index (χ1n) is 3.76. The Balaban J connectivity index is 0. The van der Waals surface area contributed by atoms with E-state index in [1.165, 1.54) is 0 Å². The first kappa shape index (κ1) is 14.9. The monoisotopic (exact) mass is 202 g/mol. The van der Waals surface area contributed by atoms with Crippen LogP contribution < -0.4 is 0 Å². The van der Waals surface area contributed by atoms with E-state index in [4.69, 9.17) is 14.9 Å². The zero-order valence-corrected chi connectivity index (χ0v) is 7.97. The molecule has 2 N–H and O–H groups in total. The molecule has 1 unspecified atom stereocenters. The number of carbonyl (C=O) groups is 2. The Morgan fingerprint density at radius 1 is 1.29 bits per heavy atom. The van der Waals surface area contributed by atoms with Crippen LogP contribution in [0.2, 0.25) is 0 Å². The molecule has 0 aromatic carbocycles. The summed E-state index contributed by atoms with van der Waals surface area (Å²) in [5.74, 6) is -1.96. The average molecular weight is 202 g/mol. The summed E-state index contributed by atoms with van der Waals surface area (Å²) >= 11 is 0. The number of ether oxygens (including phenoxy) is 1. The molecule has 0 spiro atoms. The molecule has 1 rings (SSSR count). The van der Waals surface area contributed by atoms with Crippen LogP contribution in [0.5, 0.6) is 0 Å². The van der Waals surface area contributed by atoms with E-state index in [0.717, 1.165) is 18.8 Å². The zero-order chi connectivity index (χ0) is 11.6. The van der Waals surface area contributed by atoms with Gasteiger partial charge in [0.15, 0.2) is 0 Å². The van der Waals surface area contributed by atoms with Crippen molar-refractivity contribution < 1.29 is 24.5 Å². The Morgan fingerprint density at radius 3 is 1.43 bits per heavy atom. The lowest BCUT2D eigenvalue weighted by molar-refractivity contribution is -0.132. The zero-order valence-electron chi connectivity index (χ0n) is 7.97. The van der Waals surface area contributed by atoms with E-state index in [2.05, 4.69) is 20.1 Å². The number of rotatable bonds is 2. The van der Waals surface area contributed by atoms with Crippen molar-refractivity contribution in [2.45, 2.75) is 13.0 Å². The molecule has 0 aliphatic carbocycles. The van der Waals surface area contributed by atoms with Crippen LogP contribution in [0.3, 0.4) is 0 Å². The second-order valence-corrected chi connectivity index (χ2v) is 2.23. The second-order valence-electron chi connectivity index (χ2n) is 2.23. The minimum atomic E-state index is -0.981. The summed E-state index contributed by atoms with van der Waals surface area (Å²) in [5, 5.41) is 15.2. The predicted molar refractivity (Wildman–Crippen MR) is 51.1 cm³/mol. The van der Waals surface area contributed by atoms with Gasteiger partial charge in [0.05, 0.1) is 12.7 Å². The van der Waals surface area contributed by atoms with E-state index < -0.39 is 11.9 Å². The van der Waals surface area contributed by atoms with Crippen molar-refractivity contribution in [1.29, 1.82) is 0 Å². The molecule has 0 amide bonds. The SMILES string of the molecule is C=CC(=O)O.C=CC(=O)O.CC1CO1. The molecule has 1 saturated heterocycles. The van der Waals surface area contributed by atoms with E-state index in [-0.39, 0.29) is 0 Å². The van der Waals surface area contributed by atoms with Gasteiger partial charge < -0.3 is 14.9 Å². The lowest BCUT2D eigenvalue weighted by Crippen LogP contribution is -1.82. The molecule has 5 heteroatoms. The summed E-state index contributed by atoms with van der Waals surface area (Å²) in [7, 11) is 0. The highest BCUT2D eigenvalue weighted by Crippen LogP contribution is 2.04. The number of hydrogen-bond acceptors (Lipinski definition) is 3. The largest absolute Gasteiger partial charge is 0.478 e. The lowest BCUT2D eigenvalue weighted by Gasteiger charge is -1.64. The smallest absolute Gasteiger partial charge is 0.327 e. The van der Waals surface area contributed by atoms with Crippen molar-refractivity contribution in [2.24, 2.45) is 0 Å². The average Bonchev–Trinajstić information content (AvgIpc) is 2.89. The van der Waals surface area contributed by atoms with Crippen LogP contribution in [0.1, 0.15) is 6.92 Å². The predicted octanol–water partition coefficient (Wildman–Crippen LogP) is 0.919. The van der Waals surface area contributed by atoms with Crippen LogP contribution in [0.4, 0.5) is 0 Å². The molecule has 14 heavy (non-hydrogen) atoms. The van der Waals surface area contributed by atoms with Gasteiger partial charge >= 0.3 is 11.9 Å². The van der Waals surface area contributed by atoms with Crippen LogP contribution in [0.15, 0.2) is 25.3 Å². The Hall–Kier alpha value is -1.62. The first-order valence-corrected chi connectivity index (χ1v) is 3.76. The summed E-state index contributed by atoms with van der Waals surface area (Å²) in [4.78, 5) is 18.5. The Kier molecular flexibility index (Phi) is 10.1. The summed E-state index contributed by atoms with van der Waals surface area (Å²) in [6.07, 6.45) is 2.25. The molecular weight excluding hydrogens is 188 g/mol. The fraction of sp³-hybridized carbons (Fsp3) is 0.333. The number of carboxylic acids is 2. The molecule has 1 fully saturated rings. The van der Waals surface area contributed by atoms with Crippen molar-refractivity contribution >= 4 is 11.9 Å². The van der Waals surface area contributed by atoms with Crippen molar-refractivity contribution in [3.05, 3.63) is 25.3 Å². The molecular formula is C9H14O5. The van der Waals surface area contributed by atoms with Crippen LogP contribution in [-0.4, -0.2) is 34.9 Å². The molecule has 5 nitrogen and oxygen atoms in total. The third kappa shape index (κ3) is 31.6. The van der Waals surface area contributed by atoms with E-state index in [0.29, 0.717) is 6.10 Å². The quantitative estimate of drug-likeness (QED) is 0.513. The molecule has 1 heterocycles. The van der Waals surface area contributed by atoms with Crippen LogP contribution in [0, 0.1) is 0 Å². The molecule has 1 atom stereocenters. The van der Waals surface area contributed by atoms with Gasteiger partial charge in [0.25, 0.3) is 0 Å². The normalized spacial score (nSPS) is 15.9. The van der Waals surface area contributed by atoms with Gasteiger partial charge in [-0.05, 0) is 6.92 Å². The highest BCUT2D eigenvalue weighted by Gasteiger charge is 2.13. The summed E-state index contributed by atoms with van der Waals surface area (Å²) in [5.41, 5.74) is 0. The molecule has 0 radical (unpaired) electrons. The first-order chi connectivity index (χ1) is 6.43. The maximum atomic E-state index is 9.25. The summed E-state index contributed by atoms with van der Waals surface area (Å²) in [6.45, 7) is 8.96. The highest BCUT2D eigenvalue weighted by molar-refractivity contribution is 5.79. The third-order valence-corrected chi connectivity index (χ3v) is 0.849. The number of hydrogen-bond donors (Lipinski definition) is 2. The van der Waals surface area contributed by atoms with Gasteiger partial charge in [-0.2, -0.15) is 0 Å². The van der Waals surface area contributed by atoms with Gasteiger partial charge in [0.2, 0.25) is 0 Å². The molecule has 1 aliphatic heterocycles.